The van der Waals surface area contributed by atoms with Crippen LogP contribution in [-0.4, -0.2) is 5.78 Å². The molecule has 2 atom stereocenters. The van der Waals surface area contributed by atoms with E-state index < -0.39 is 0 Å². The van der Waals surface area contributed by atoms with Gasteiger partial charge in [-0.25, -0.2) is 0 Å². The molecule has 1 fully saturated rings. The van der Waals surface area contributed by atoms with Crippen molar-refractivity contribution in [2.75, 3.05) is 0 Å². The molecular weight excluding hydrogens is 244 g/mol. The van der Waals surface area contributed by atoms with Crippen molar-refractivity contribution in [1.29, 1.82) is 0 Å². The van der Waals surface area contributed by atoms with Gasteiger partial charge < -0.3 is 0 Å². The molecule has 0 unspecified atom stereocenters. The summed E-state index contributed by atoms with van der Waals surface area (Å²) in [6.45, 7) is 8.96. The van der Waals surface area contributed by atoms with Crippen molar-refractivity contribution in [1.82, 2.24) is 0 Å². The normalized spacial score (nSPS) is 28.9. The Labute approximate surface area is 122 Å². The van der Waals surface area contributed by atoms with Gasteiger partial charge in [0.15, 0.2) is 5.78 Å². The van der Waals surface area contributed by atoms with E-state index >= 15 is 0 Å². The van der Waals surface area contributed by atoms with Gasteiger partial charge in [0.1, 0.15) is 0 Å². The SMILES string of the molecule is CC(C)c1ccc2c(c1)C(=O)C=C1[C@H](C)CCC[C@@]12C. The van der Waals surface area contributed by atoms with E-state index in [1.54, 1.807) is 0 Å². The Morgan fingerprint density at radius 2 is 2.05 bits per heavy atom. The van der Waals surface area contributed by atoms with Gasteiger partial charge in [0, 0.05) is 11.0 Å². The molecule has 0 aromatic heterocycles. The van der Waals surface area contributed by atoms with Gasteiger partial charge in [-0.1, -0.05) is 51.8 Å². The average molecular weight is 268 g/mol. The monoisotopic (exact) mass is 268 g/mol. The largest absolute Gasteiger partial charge is 0.289 e. The molecule has 1 aromatic rings. The fraction of sp³-hybridized carbons (Fsp3) is 0.526. The van der Waals surface area contributed by atoms with Crippen LogP contribution in [0.3, 0.4) is 0 Å². The van der Waals surface area contributed by atoms with E-state index in [9.17, 15) is 4.79 Å². The maximum atomic E-state index is 12.5. The van der Waals surface area contributed by atoms with Crippen LogP contribution in [-0.2, 0) is 5.41 Å². The standard InChI is InChI=1S/C19H24O/c1-12(2)14-7-8-16-15(10-14)18(20)11-17-13(3)6-5-9-19(16,17)4/h7-8,10-13H,5-6,9H2,1-4H3/t13-,19-/m1/s1. The van der Waals surface area contributed by atoms with E-state index in [0.29, 0.717) is 11.8 Å². The highest BCUT2D eigenvalue weighted by Gasteiger charge is 2.42. The second kappa shape index (κ2) is 4.58. The molecule has 0 saturated heterocycles. The first-order valence-electron chi connectivity index (χ1n) is 7.84. The Morgan fingerprint density at radius 1 is 1.30 bits per heavy atom. The molecule has 0 N–H and O–H groups in total. The second-order valence-electron chi connectivity index (χ2n) is 7.05. The van der Waals surface area contributed by atoms with Gasteiger partial charge in [0.05, 0.1) is 0 Å². The fourth-order valence-electron chi connectivity index (χ4n) is 4.02. The summed E-state index contributed by atoms with van der Waals surface area (Å²) in [6, 6.07) is 6.55. The van der Waals surface area contributed by atoms with Gasteiger partial charge >= 0.3 is 0 Å². The van der Waals surface area contributed by atoms with Crippen LogP contribution in [0, 0.1) is 5.92 Å². The Morgan fingerprint density at radius 3 is 2.75 bits per heavy atom. The smallest absolute Gasteiger partial charge is 0.186 e. The van der Waals surface area contributed by atoms with Crippen molar-refractivity contribution in [3.8, 4) is 0 Å². The summed E-state index contributed by atoms with van der Waals surface area (Å²) in [4.78, 5) is 12.5. The number of fused-ring (bicyclic) bond motifs is 3. The number of carbonyl (C=O) groups is 1. The summed E-state index contributed by atoms with van der Waals surface area (Å²) >= 11 is 0. The minimum absolute atomic E-state index is 0.0798. The summed E-state index contributed by atoms with van der Waals surface area (Å²) in [5, 5.41) is 0. The zero-order valence-electron chi connectivity index (χ0n) is 13.0. The lowest BCUT2D eigenvalue weighted by Crippen LogP contribution is -2.37. The summed E-state index contributed by atoms with van der Waals surface area (Å²) in [5.74, 6) is 1.22. The molecule has 2 aliphatic rings. The molecule has 0 amide bonds. The number of hydrogen-bond donors (Lipinski definition) is 0. The van der Waals surface area contributed by atoms with Gasteiger partial charge in [-0.2, -0.15) is 0 Å². The maximum absolute atomic E-state index is 12.5. The van der Waals surface area contributed by atoms with Crippen LogP contribution in [0.15, 0.2) is 29.8 Å². The first-order valence-corrected chi connectivity index (χ1v) is 7.84. The number of hydrogen-bond acceptors (Lipinski definition) is 1. The molecule has 0 radical (unpaired) electrons. The molecule has 1 heteroatoms. The third-order valence-corrected chi connectivity index (χ3v) is 5.34. The van der Waals surface area contributed by atoms with E-state index in [1.165, 1.54) is 36.0 Å². The van der Waals surface area contributed by atoms with E-state index in [0.717, 1.165) is 5.56 Å². The second-order valence-corrected chi connectivity index (χ2v) is 7.05. The molecule has 1 saturated carbocycles. The molecule has 0 spiro atoms. The topological polar surface area (TPSA) is 17.1 Å². The molecule has 106 valence electrons. The van der Waals surface area contributed by atoms with Crippen molar-refractivity contribution >= 4 is 5.78 Å². The number of rotatable bonds is 1. The summed E-state index contributed by atoms with van der Waals surface area (Å²) < 4.78 is 0. The van der Waals surface area contributed by atoms with Gasteiger partial charge in [-0.3, -0.25) is 4.79 Å². The van der Waals surface area contributed by atoms with Crippen molar-refractivity contribution in [2.24, 2.45) is 5.92 Å². The predicted molar refractivity (Wildman–Crippen MR) is 83.3 cm³/mol. The van der Waals surface area contributed by atoms with Crippen LogP contribution in [0.1, 0.15) is 74.4 Å². The first kappa shape index (κ1) is 13.6. The highest BCUT2D eigenvalue weighted by molar-refractivity contribution is 6.08. The Bertz CT molecular complexity index is 594. The van der Waals surface area contributed by atoms with Crippen LogP contribution in [0.4, 0.5) is 0 Å². The molecule has 0 aliphatic heterocycles. The van der Waals surface area contributed by atoms with Crippen molar-refractivity contribution in [2.45, 2.75) is 58.3 Å². The first-order chi connectivity index (χ1) is 9.43. The highest BCUT2D eigenvalue weighted by Crippen LogP contribution is 2.49. The van der Waals surface area contributed by atoms with Crippen molar-refractivity contribution in [3.63, 3.8) is 0 Å². The molecule has 0 heterocycles. The average Bonchev–Trinajstić information content (AvgIpc) is 2.41. The van der Waals surface area contributed by atoms with Crippen molar-refractivity contribution < 1.29 is 4.79 Å². The maximum Gasteiger partial charge on any atom is 0.186 e. The van der Waals surface area contributed by atoms with Crippen LogP contribution in [0.2, 0.25) is 0 Å². The van der Waals surface area contributed by atoms with Crippen LogP contribution >= 0.6 is 0 Å². The number of ketones is 1. The quantitative estimate of drug-likeness (QED) is 0.699. The van der Waals surface area contributed by atoms with Crippen LogP contribution in [0.25, 0.3) is 0 Å². The lowest BCUT2D eigenvalue weighted by Gasteiger charge is -2.43. The summed E-state index contributed by atoms with van der Waals surface area (Å²) in [7, 11) is 0. The van der Waals surface area contributed by atoms with E-state index in [1.807, 2.05) is 6.08 Å². The van der Waals surface area contributed by atoms with Crippen LogP contribution < -0.4 is 0 Å². The number of benzene rings is 1. The third kappa shape index (κ3) is 1.87. The van der Waals surface area contributed by atoms with E-state index in [2.05, 4.69) is 45.9 Å². The van der Waals surface area contributed by atoms with E-state index in [4.69, 9.17) is 0 Å². The summed E-state index contributed by atoms with van der Waals surface area (Å²) in [6.07, 6.45) is 5.59. The zero-order chi connectivity index (χ0) is 14.5. The van der Waals surface area contributed by atoms with Crippen LogP contribution in [0.5, 0.6) is 0 Å². The minimum atomic E-state index is 0.0798. The Balaban J connectivity index is 2.17. The number of carbonyl (C=O) groups excluding carboxylic acids is 1. The van der Waals surface area contributed by atoms with Crippen molar-refractivity contribution in [3.05, 3.63) is 46.5 Å². The van der Waals surface area contributed by atoms with Gasteiger partial charge in [0.2, 0.25) is 0 Å². The van der Waals surface area contributed by atoms with Gasteiger partial charge in [-0.15, -0.1) is 0 Å². The highest BCUT2D eigenvalue weighted by atomic mass is 16.1. The minimum Gasteiger partial charge on any atom is -0.289 e. The lowest BCUT2D eigenvalue weighted by molar-refractivity contribution is 0.103. The molecule has 0 bridgehead atoms. The molecule has 1 nitrogen and oxygen atoms in total. The molecule has 3 rings (SSSR count). The van der Waals surface area contributed by atoms with Gasteiger partial charge in [-0.05, 0) is 47.9 Å². The zero-order valence-corrected chi connectivity index (χ0v) is 13.0. The van der Waals surface area contributed by atoms with Gasteiger partial charge in [0.25, 0.3) is 0 Å². The molecular formula is C19H24O. The fourth-order valence-corrected chi connectivity index (χ4v) is 4.02. The lowest BCUT2D eigenvalue weighted by atomic mass is 9.60. The third-order valence-electron chi connectivity index (χ3n) is 5.34. The molecule has 1 aromatic carbocycles. The Kier molecular flexibility index (Phi) is 3.12. The summed E-state index contributed by atoms with van der Waals surface area (Å²) in [5.41, 5.74) is 4.91. The molecule has 2 aliphatic carbocycles. The molecule has 20 heavy (non-hydrogen) atoms. The van der Waals surface area contributed by atoms with E-state index in [-0.39, 0.29) is 11.2 Å². The Hall–Kier alpha value is -1.37. The predicted octanol–water partition coefficient (Wildman–Crippen LogP) is 5.01. The number of allylic oxidation sites excluding steroid dienone is 2.